The van der Waals surface area contributed by atoms with E-state index in [2.05, 4.69) is 49.8 Å². The molecule has 2 aliphatic rings. The zero-order valence-corrected chi connectivity index (χ0v) is 28.2. The number of allylic oxidation sites excluding steroid dienone is 4. The first kappa shape index (κ1) is 32.3. The van der Waals surface area contributed by atoms with Gasteiger partial charge in [0.1, 0.15) is 0 Å². The Kier molecular flexibility index (Phi) is 9.70. The number of carbonyl (C=O) groups is 2. The number of carboxylic acid groups (broad SMARTS) is 2. The fourth-order valence-electron chi connectivity index (χ4n) is 6.22. The van der Waals surface area contributed by atoms with Gasteiger partial charge in [0.05, 0.1) is 22.8 Å². The molecule has 9 heteroatoms. The van der Waals surface area contributed by atoms with E-state index in [-0.39, 0.29) is 37.3 Å². The van der Waals surface area contributed by atoms with E-state index in [1.807, 2.05) is 26.0 Å². The monoisotopic (exact) mass is 687 g/mol. The van der Waals surface area contributed by atoms with Crippen LogP contribution in [0.25, 0.3) is 44.4 Å². The molecular formula is C34H38N4O4Sb. The molecule has 0 amide bonds. The molecule has 5 heterocycles. The maximum atomic E-state index is 11.5. The first-order valence-electron chi connectivity index (χ1n) is 14.6. The number of aromatic nitrogens is 4. The Morgan fingerprint density at radius 2 is 1.02 bits per heavy atom. The molecule has 0 unspecified atom stereocenters. The van der Waals surface area contributed by atoms with Gasteiger partial charge >= 0.3 is 11.9 Å². The van der Waals surface area contributed by atoms with Crippen molar-refractivity contribution in [2.24, 2.45) is 0 Å². The van der Waals surface area contributed by atoms with Crippen molar-refractivity contribution in [3.63, 3.8) is 0 Å². The summed E-state index contributed by atoms with van der Waals surface area (Å²) in [5.74, 6) is -1.74. The Bertz CT molecular complexity index is 1860. The third-order valence-electron chi connectivity index (χ3n) is 8.69. The first-order chi connectivity index (χ1) is 20.0. The van der Waals surface area contributed by atoms with Crippen LogP contribution in [0.2, 0.25) is 0 Å². The SMILES string of the molecule is CCc1c(C)c2cc3[nH]c(cc4nc(cc5nc(cc1[nH]2)C(C)=C5CCC(=O)O)C(CCC(=O)O)=C4C)c(C)c3CC.[Sb]. The van der Waals surface area contributed by atoms with Crippen LogP contribution in [0.1, 0.15) is 98.4 Å². The van der Waals surface area contributed by atoms with E-state index in [9.17, 15) is 19.8 Å². The number of nitrogens with zero attached hydrogens (tertiary/aromatic N) is 2. The average molecular weight is 688 g/mol. The molecule has 3 radical (unpaired) electrons. The maximum Gasteiger partial charge on any atom is 0.303 e. The minimum atomic E-state index is -0.869. The van der Waals surface area contributed by atoms with Gasteiger partial charge in [-0.05, 0) is 122 Å². The number of carboxylic acids is 2. The Morgan fingerprint density at radius 3 is 1.44 bits per heavy atom. The Hall–Kier alpha value is -3.64. The molecule has 0 aliphatic carbocycles. The fraction of sp³-hybridized carbons (Fsp3) is 0.353. The molecule has 5 rings (SSSR count). The Labute approximate surface area is 268 Å². The van der Waals surface area contributed by atoms with Gasteiger partial charge in [0.25, 0.3) is 0 Å². The van der Waals surface area contributed by atoms with Crippen molar-refractivity contribution in [1.82, 2.24) is 19.9 Å². The van der Waals surface area contributed by atoms with Crippen LogP contribution in [0, 0.1) is 13.8 Å². The van der Waals surface area contributed by atoms with E-state index in [1.54, 1.807) is 0 Å². The molecule has 8 nitrogen and oxygen atoms in total. The van der Waals surface area contributed by atoms with E-state index < -0.39 is 11.9 Å². The third-order valence-corrected chi connectivity index (χ3v) is 8.69. The van der Waals surface area contributed by atoms with Gasteiger partial charge in [-0.2, -0.15) is 0 Å². The van der Waals surface area contributed by atoms with E-state index in [1.165, 1.54) is 16.7 Å². The van der Waals surface area contributed by atoms with Crippen molar-refractivity contribution in [1.29, 1.82) is 0 Å². The maximum absolute atomic E-state index is 11.5. The predicted octanol–water partition coefficient (Wildman–Crippen LogP) is 7.27. The predicted molar refractivity (Wildman–Crippen MR) is 174 cm³/mol. The molecule has 0 fully saturated rings. The Morgan fingerprint density at radius 1 is 0.628 bits per heavy atom. The molecule has 0 spiro atoms. The van der Waals surface area contributed by atoms with Crippen LogP contribution >= 0.6 is 0 Å². The number of hydrogen-bond acceptors (Lipinski definition) is 4. The second-order valence-electron chi connectivity index (χ2n) is 11.2. The molecule has 0 atom stereocenters. The van der Waals surface area contributed by atoms with Crippen molar-refractivity contribution in [3.05, 3.63) is 69.3 Å². The molecular weight excluding hydrogens is 650 g/mol. The molecule has 4 N–H and O–H groups in total. The van der Waals surface area contributed by atoms with E-state index in [0.29, 0.717) is 24.2 Å². The van der Waals surface area contributed by atoms with Crippen LogP contribution in [0.15, 0.2) is 24.3 Å². The van der Waals surface area contributed by atoms with Crippen LogP contribution in [0.3, 0.4) is 0 Å². The van der Waals surface area contributed by atoms with E-state index in [4.69, 9.17) is 9.97 Å². The summed E-state index contributed by atoms with van der Waals surface area (Å²) in [5.41, 5.74) is 15.4. The number of fused-ring (bicyclic) bond motifs is 8. The molecule has 0 aromatic carbocycles. The first-order valence-corrected chi connectivity index (χ1v) is 14.6. The Balaban J connectivity index is 0.00000423. The molecule has 223 valence electrons. The standard InChI is InChI=1S/C34H38N4O4.Sb/c1-7-21-17(3)25-13-26-19(5)23(9-11-33(39)40)31(37-26)16-32-24(10-12-34(41)42)20(6)28(38-32)15-30-22(8-2)18(4)27(36-30)14-29(21)35-25;/h13-16,35-36H,7-12H2,1-6H3,(H,39,40)(H,41,42);. The summed E-state index contributed by atoms with van der Waals surface area (Å²) in [7, 11) is 0. The number of hydrogen-bond donors (Lipinski definition) is 4. The van der Waals surface area contributed by atoms with Crippen LogP contribution in [-0.4, -0.2) is 66.5 Å². The quantitative estimate of drug-likeness (QED) is 0.184. The summed E-state index contributed by atoms with van der Waals surface area (Å²) in [6.45, 7) is 12.5. The summed E-state index contributed by atoms with van der Waals surface area (Å²) in [5, 5.41) is 18.9. The van der Waals surface area contributed by atoms with Gasteiger partial charge < -0.3 is 20.2 Å². The summed E-state index contributed by atoms with van der Waals surface area (Å²) < 4.78 is 0. The van der Waals surface area contributed by atoms with Gasteiger partial charge in [-0.1, -0.05) is 13.8 Å². The van der Waals surface area contributed by atoms with Crippen molar-refractivity contribution < 1.29 is 19.8 Å². The van der Waals surface area contributed by atoms with Crippen molar-refractivity contribution >= 4 is 80.7 Å². The zero-order valence-electron chi connectivity index (χ0n) is 25.6. The third kappa shape index (κ3) is 6.21. The van der Waals surface area contributed by atoms with Gasteiger partial charge in [0.2, 0.25) is 0 Å². The van der Waals surface area contributed by atoms with Crippen molar-refractivity contribution in [2.75, 3.05) is 0 Å². The molecule has 3 aromatic heterocycles. The zero-order chi connectivity index (χ0) is 30.3. The fourth-order valence-corrected chi connectivity index (χ4v) is 6.22. The molecule has 0 saturated heterocycles. The molecule has 2 aliphatic heterocycles. The molecule has 43 heavy (non-hydrogen) atoms. The second-order valence-corrected chi connectivity index (χ2v) is 11.2. The second kappa shape index (κ2) is 12.9. The van der Waals surface area contributed by atoms with Gasteiger partial charge in [0, 0.05) is 59.3 Å². The number of aryl methyl sites for hydroxylation is 4. The van der Waals surface area contributed by atoms with Crippen LogP contribution in [-0.2, 0) is 22.4 Å². The molecule has 0 saturated carbocycles. The van der Waals surface area contributed by atoms with Crippen LogP contribution < -0.4 is 0 Å². The smallest absolute Gasteiger partial charge is 0.303 e. The van der Waals surface area contributed by atoms with Gasteiger partial charge in [-0.15, -0.1) is 0 Å². The van der Waals surface area contributed by atoms with Gasteiger partial charge in [-0.25, -0.2) is 9.97 Å². The van der Waals surface area contributed by atoms with Gasteiger partial charge in [0.15, 0.2) is 0 Å². The number of rotatable bonds is 8. The van der Waals surface area contributed by atoms with E-state index in [0.717, 1.165) is 74.2 Å². The van der Waals surface area contributed by atoms with Crippen molar-refractivity contribution in [2.45, 2.75) is 80.1 Å². The van der Waals surface area contributed by atoms with Crippen LogP contribution in [0.5, 0.6) is 0 Å². The topological polar surface area (TPSA) is 132 Å². The number of aromatic amines is 2. The normalized spacial score (nSPS) is 13.0. The largest absolute Gasteiger partial charge is 0.481 e. The van der Waals surface area contributed by atoms with Crippen LogP contribution in [0.4, 0.5) is 0 Å². The van der Waals surface area contributed by atoms with Gasteiger partial charge in [-0.3, -0.25) is 9.59 Å². The minimum Gasteiger partial charge on any atom is -0.481 e. The van der Waals surface area contributed by atoms with Crippen molar-refractivity contribution in [3.8, 4) is 0 Å². The molecule has 3 aromatic rings. The summed E-state index contributed by atoms with van der Waals surface area (Å²) in [6.07, 6.45) is 2.37. The average Bonchev–Trinajstić information content (AvgIpc) is 3.59. The number of H-pyrrole nitrogens is 2. The summed E-state index contributed by atoms with van der Waals surface area (Å²) >= 11 is 0. The number of nitrogens with one attached hydrogen (secondary N) is 2. The molecule has 8 bridgehead atoms. The summed E-state index contributed by atoms with van der Waals surface area (Å²) in [4.78, 5) is 40.3. The van der Waals surface area contributed by atoms with E-state index >= 15 is 0 Å². The minimum absolute atomic E-state index is 0. The summed E-state index contributed by atoms with van der Waals surface area (Å²) in [6, 6.07) is 8.19. The number of aliphatic carboxylic acids is 2.